The van der Waals surface area contributed by atoms with Gasteiger partial charge in [-0.05, 0) is 54.6 Å². The standard InChI is InChI=1S/C19H12ClF4N3OS/c20-14-6-3-12(19(22,23)24)9-16(14)25-17(28)10-29-18-8-7-15(26-27-18)11-1-4-13(21)5-2-11/h1-9H,10H2,(H,25,28). The fourth-order valence-electron chi connectivity index (χ4n) is 2.29. The van der Waals surface area contributed by atoms with Crippen LogP contribution in [0.4, 0.5) is 23.2 Å². The molecule has 150 valence electrons. The van der Waals surface area contributed by atoms with E-state index in [1.807, 2.05) is 0 Å². The largest absolute Gasteiger partial charge is 0.416 e. The second kappa shape index (κ2) is 8.79. The zero-order valence-electron chi connectivity index (χ0n) is 14.5. The summed E-state index contributed by atoms with van der Waals surface area (Å²) in [6.45, 7) is 0. The summed E-state index contributed by atoms with van der Waals surface area (Å²) < 4.78 is 51.3. The van der Waals surface area contributed by atoms with E-state index in [0.717, 1.165) is 30.0 Å². The summed E-state index contributed by atoms with van der Waals surface area (Å²) in [5, 5.41) is 10.8. The molecule has 29 heavy (non-hydrogen) atoms. The molecule has 1 aromatic heterocycles. The molecule has 1 heterocycles. The van der Waals surface area contributed by atoms with Crippen molar-refractivity contribution >= 4 is 35.0 Å². The number of anilines is 1. The lowest BCUT2D eigenvalue weighted by Crippen LogP contribution is -2.15. The Labute approximate surface area is 172 Å². The van der Waals surface area contributed by atoms with Gasteiger partial charge in [0.15, 0.2) is 0 Å². The lowest BCUT2D eigenvalue weighted by molar-refractivity contribution is -0.137. The van der Waals surface area contributed by atoms with Crippen molar-refractivity contribution in [2.24, 2.45) is 0 Å². The lowest BCUT2D eigenvalue weighted by Gasteiger charge is -2.11. The molecule has 10 heteroatoms. The van der Waals surface area contributed by atoms with Gasteiger partial charge in [0.05, 0.1) is 27.7 Å². The molecule has 3 rings (SSSR count). The average molecular weight is 442 g/mol. The van der Waals surface area contributed by atoms with Crippen LogP contribution in [0.25, 0.3) is 11.3 Å². The van der Waals surface area contributed by atoms with E-state index in [4.69, 9.17) is 11.6 Å². The molecule has 0 aliphatic carbocycles. The molecule has 0 saturated carbocycles. The van der Waals surface area contributed by atoms with E-state index in [1.165, 1.54) is 12.1 Å². The van der Waals surface area contributed by atoms with Crippen LogP contribution in [0.15, 0.2) is 59.6 Å². The van der Waals surface area contributed by atoms with Gasteiger partial charge in [0, 0.05) is 5.56 Å². The van der Waals surface area contributed by atoms with Gasteiger partial charge in [0.2, 0.25) is 5.91 Å². The quantitative estimate of drug-likeness (QED) is 0.408. The van der Waals surface area contributed by atoms with Crippen LogP contribution in [0.3, 0.4) is 0 Å². The molecule has 0 radical (unpaired) electrons. The van der Waals surface area contributed by atoms with Crippen LogP contribution in [0, 0.1) is 5.82 Å². The predicted molar refractivity (Wildman–Crippen MR) is 103 cm³/mol. The van der Waals surface area contributed by atoms with Crippen LogP contribution in [-0.2, 0) is 11.0 Å². The Morgan fingerprint density at radius 2 is 1.76 bits per heavy atom. The highest BCUT2D eigenvalue weighted by Crippen LogP contribution is 2.34. The van der Waals surface area contributed by atoms with Gasteiger partial charge in [-0.3, -0.25) is 4.79 Å². The minimum absolute atomic E-state index is 0.000192. The van der Waals surface area contributed by atoms with Crippen molar-refractivity contribution < 1.29 is 22.4 Å². The van der Waals surface area contributed by atoms with Gasteiger partial charge in [0.1, 0.15) is 10.8 Å². The number of hydrogen-bond acceptors (Lipinski definition) is 4. The third-order valence-corrected chi connectivity index (χ3v) is 4.95. The summed E-state index contributed by atoms with van der Waals surface area (Å²) >= 11 is 6.92. The molecule has 0 aliphatic heterocycles. The molecule has 0 fully saturated rings. The van der Waals surface area contributed by atoms with Gasteiger partial charge in [-0.15, -0.1) is 10.2 Å². The minimum Gasteiger partial charge on any atom is -0.324 e. The Balaban J connectivity index is 1.60. The molecule has 1 N–H and O–H groups in total. The molecule has 4 nitrogen and oxygen atoms in total. The molecule has 0 bridgehead atoms. The smallest absolute Gasteiger partial charge is 0.324 e. The first-order chi connectivity index (χ1) is 13.7. The Kier molecular flexibility index (Phi) is 6.39. The van der Waals surface area contributed by atoms with E-state index in [2.05, 4.69) is 15.5 Å². The molecule has 2 aromatic carbocycles. The Hall–Kier alpha value is -2.65. The highest BCUT2D eigenvalue weighted by Gasteiger charge is 2.31. The fraction of sp³-hybridized carbons (Fsp3) is 0.105. The van der Waals surface area contributed by atoms with E-state index >= 15 is 0 Å². The number of nitrogens with zero attached hydrogens (tertiary/aromatic N) is 2. The minimum atomic E-state index is -4.54. The lowest BCUT2D eigenvalue weighted by atomic mass is 10.1. The third kappa shape index (κ3) is 5.68. The van der Waals surface area contributed by atoms with Crippen molar-refractivity contribution in [1.82, 2.24) is 10.2 Å². The molecular weight excluding hydrogens is 430 g/mol. The van der Waals surface area contributed by atoms with Gasteiger partial charge < -0.3 is 5.32 Å². The number of alkyl halides is 3. The van der Waals surface area contributed by atoms with Crippen molar-refractivity contribution in [3.8, 4) is 11.3 Å². The highest BCUT2D eigenvalue weighted by molar-refractivity contribution is 7.99. The van der Waals surface area contributed by atoms with Crippen LogP contribution in [-0.4, -0.2) is 21.9 Å². The van der Waals surface area contributed by atoms with Gasteiger partial charge in [0.25, 0.3) is 0 Å². The number of carbonyl (C=O) groups excluding carboxylic acids is 1. The average Bonchev–Trinajstić information content (AvgIpc) is 2.68. The number of thioether (sulfide) groups is 1. The van der Waals surface area contributed by atoms with Crippen LogP contribution >= 0.6 is 23.4 Å². The molecule has 3 aromatic rings. The van der Waals surface area contributed by atoms with Gasteiger partial charge in [-0.25, -0.2) is 4.39 Å². The second-order valence-electron chi connectivity index (χ2n) is 5.79. The van der Waals surface area contributed by atoms with Crippen molar-refractivity contribution in [2.45, 2.75) is 11.2 Å². The summed E-state index contributed by atoms with van der Waals surface area (Å²) in [6.07, 6.45) is -4.54. The molecule has 1 amide bonds. The molecule has 0 saturated heterocycles. The maximum absolute atomic E-state index is 13.0. The first kappa shape index (κ1) is 21.1. The van der Waals surface area contributed by atoms with Crippen LogP contribution in [0.5, 0.6) is 0 Å². The van der Waals surface area contributed by atoms with Crippen LogP contribution in [0.2, 0.25) is 5.02 Å². The third-order valence-electron chi connectivity index (χ3n) is 3.70. The van der Waals surface area contributed by atoms with E-state index in [0.29, 0.717) is 16.3 Å². The summed E-state index contributed by atoms with van der Waals surface area (Å²) in [6, 6.07) is 11.8. The monoisotopic (exact) mass is 441 g/mol. The van der Waals surface area contributed by atoms with Crippen molar-refractivity contribution in [1.29, 1.82) is 0 Å². The SMILES string of the molecule is O=C(CSc1ccc(-c2ccc(F)cc2)nn1)Nc1cc(C(F)(F)F)ccc1Cl. The number of aromatic nitrogens is 2. The first-order valence-corrected chi connectivity index (χ1v) is 9.48. The zero-order chi connectivity index (χ0) is 21.0. The molecule has 0 spiro atoms. The molecule has 0 atom stereocenters. The summed E-state index contributed by atoms with van der Waals surface area (Å²) in [7, 11) is 0. The number of nitrogens with one attached hydrogen (secondary N) is 1. The number of halogens is 5. The van der Waals surface area contributed by atoms with Crippen LogP contribution in [0.1, 0.15) is 5.56 Å². The van der Waals surface area contributed by atoms with Crippen molar-refractivity contribution in [2.75, 3.05) is 11.1 Å². The van der Waals surface area contributed by atoms with Gasteiger partial charge in [-0.2, -0.15) is 13.2 Å². The number of amides is 1. The molecule has 0 unspecified atom stereocenters. The van der Waals surface area contributed by atoms with Gasteiger partial charge in [-0.1, -0.05) is 23.4 Å². The van der Waals surface area contributed by atoms with E-state index in [-0.39, 0.29) is 22.3 Å². The normalized spacial score (nSPS) is 11.3. The number of rotatable bonds is 5. The zero-order valence-corrected chi connectivity index (χ0v) is 16.1. The first-order valence-electron chi connectivity index (χ1n) is 8.11. The maximum atomic E-state index is 13.0. The number of benzene rings is 2. The Morgan fingerprint density at radius 3 is 2.38 bits per heavy atom. The topological polar surface area (TPSA) is 54.9 Å². The molecular formula is C19H12ClF4N3OS. The summed E-state index contributed by atoms with van der Waals surface area (Å²) in [5.41, 5.74) is 0.193. The number of hydrogen-bond donors (Lipinski definition) is 1. The van der Waals surface area contributed by atoms with E-state index in [1.54, 1.807) is 24.3 Å². The van der Waals surface area contributed by atoms with Crippen molar-refractivity contribution in [3.05, 3.63) is 71.0 Å². The van der Waals surface area contributed by atoms with E-state index < -0.39 is 17.6 Å². The van der Waals surface area contributed by atoms with Gasteiger partial charge >= 0.3 is 6.18 Å². The summed E-state index contributed by atoms with van der Waals surface area (Å²) in [5.74, 6) is -1.00. The predicted octanol–water partition coefficient (Wildman–Crippen LogP) is 5.69. The summed E-state index contributed by atoms with van der Waals surface area (Å²) in [4.78, 5) is 12.1. The van der Waals surface area contributed by atoms with E-state index in [9.17, 15) is 22.4 Å². The van der Waals surface area contributed by atoms with Crippen molar-refractivity contribution in [3.63, 3.8) is 0 Å². The fourth-order valence-corrected chi connectivity index (χ4v) is 3.07. The Morgan fingerprint density at radius 1 is 1.03 bits per heavy atom. The van der Waals surface area contributed by atoms with Crippen LogP contribution < -0.4 is 5.32 Å². The Bertz CT molecular complexity index is 1010. The highest BCUT2D eigenvalue weighted by atomic mass is 35.5. The number of carbonyl (C=O) groups is 1. The second-order valence-corrected chi connectivity index (χ2v) is 7.20. The molecule has 0 aliphatic rings. The maximum Gasteiger partial charge on any atom is 0.416 e.